The topological polar surface area (TPSA) is 0 Å². The normalized spacial score (nSPS) is 7.69. The molecule has 1 rings (SSSR count). The summed E-state index contributed by atoms with van der Waals surface area (Å²) < 4.78 is 0. The van der Waals surface area contributed by atoms with Gasteiger partial charge >= 0.3 is 0 Å². The van der Waals surface area contributed by atoms with Gasteiger partial charge in [-0.15, -0.1) is 13.2 Å². The maximum atomic E-state index is 3.66. The molecular weight excluding hydrogens is 192 g/mol. The first-order valence-corrected chi connectivity index (χ1v) is 6.02. The Bertz CT molecular complexity index is 233. The van der Waals surface area contributed by atoms with Gasteiger partial charge in [0.25, 0.3) is 0 Å². The fourth-order valence-corrected chi connectivity index (χ4v) is 0.781. The van der Waals surface area contributed by atoms with Crippen LogP contribution in [-0.2, 0) is 6.42 Å². The van der Waals surface area contributed by atoms with Crippen molar-refractivity contribution in [2.24, 2.45) is 0 Å². The molecule has 0 aliphatic heterocycles. The van der Waals surface area contributed by atoms with Crippen molar-refractivity contribution in [2.75, 3.05) is 0 Å². The summed E-state index contributed by atoms with van der Waals surface area (Å²) in [7, 11) is 0. The van der Waals surface area contributed by atoms with E-state index in [-0.39, 0.29) is 0 Å². The highest BCUT2D eigenvalue weighted by molar-refractivity contribution is 5.16. The van der Waals surface area contributed by atoms with Crippen LogP contribution in [0.25, 0.3) is 0 Å². The van der Waals surface area contributed by atoms with E-state index in [0.717, 1.165) is 12.8 Å². The van der Waals surface area contributed by atoms with Crippen LogP contribution in [0.15, 0.2) is 55.6 Å². The van der Waals surface area contributed by atoms with Crippen LogP contribution >= 0.6 is 0 Å². The van der Waals surface area contributed by atoms with Gasteiger partial charge in [0.1, 0.15) is 0 Å². The monoisotopic (exact) mass is 218 g/mol. The average molecular weight is 218 g/mol. The summed E-state index contributed by atoms with van der Waals surface area (Å²) in [5.74, 6) is 0. The summed E-state index contributed by atoms with van der Waals surface area (Å²) in [6, 6.07) is 10.3. The van der Waals surface area contributed by atoms with Gasteiger partial charge in [0, 0.05) is 0 Å². The van der Waals surface area contributed by atoms with Gasteiger partial charge in [-0.25, -0.2) is 0 Å². The Labute approximate surface area is 102 Å². The highest BCUT2D eigenvalue weighted by Crippen LogP contribution is 1.98. The minimum absolute atomic E-state index is 0.973. The van der Waals surface area contributed by atoms with Crippen molar-refractivity contribution in [3.05, 3.63) is 61.2 Å². The van der Waals surface area contributed by atoms with Crippen molar-refractivity contribution < 1.29 is 0 Å². The summed E-state index contributed by atoms with van der Waals surface area (Å²) in [4.78, 5) is 0. The first-order chi connectivity index (χ1) is 7.76. The van der Waals surface area contributed by atoms with Gasteiger partial charge in [0.2, 0.25) is 0 Å². The summed E-state index contributed by atoms with van der Waals surface area (Å²) in [6.45, 7) is 13.4. The van der Waals surface area contributed by atoms with Crippen molar-refractivity contribution in [3.8, 4) is 0 Å². The molecule has 0 aliphatic carbocycles. The molecule has 0 fully saturated rings. The third-order valence-corrected chi connectivity index (χ3v) is 1.51. The lowest BCUT2D eigenvalue weighted by Gasteiger charge is -1.91. The van der Waals surface area contributed by atoms with Crippen molar-refractivity contribution in [1.82, 2.24) is 0 Å². The number of hydrogen-bond donors (Lipinski definition) is 0. The summed E-state index contributed by atoms with van der Waals surface area (Å²) in [5, 5.41) is 0. The maximum Gasteiger partial charge on any atom is -0.0100 e. The smallest absolute Gasteiger partial charge is 0.0100 e. The van der Waals surface area contributed by atoms with Gasteiger partial charge in [0.05, 0.1) is 0 Å². The van der Waals surface area contributed by atoms with Crippen LogP contribution in [0.4, 0.5) is 0 Å². The lowest BCUT2D eigenvalue weighted by Crippen LogP contribution is -1.75. The second-order valence-corrected chi connectivity index (χ2v) is 3.38. The molecular formula is C16H26. The first-order valence-electron chi connectivity index (χ1n) is 6.02. The fraction of sp³-hybridized carbons (Fsp3) is 0.375. The number of benzene rings is 1. The molecule has 0 aliphatic rings. The van der Waals surface area contributed by atoms with Gasteiger partial charge in [-0.1, -0.05) is 69.7 Å². The van der Waals surface area contributed by atoms with Gasteiger partial charge in [-0.05, 0) is 18.4 Å². The molecule has 0 N–H and O–H groups in total. The standard InChI is InChI=1S/C9H10.C4H8.C3H8/c1-2-6-9-7-4-3-5-8-9;1-3-4-2;1-3-2/h2-5,7-8H,1,6H2;3H,1,4H2,2H3;3H2,1-2H3. The van der Waals surface area contributed by atoms with E-state index in [9.17, 15) is 0 Å². The summed E-state index contributed by atoms with van der Waals surface area (Å²) >= 11 is 0. The van der Waals surface area contributed by atoms with Crippen LogP contribution in [-0.4, -0.2) is 0 Å². The number of allylic oxidation sites excluding steroid dienone is 2. The molecule has 16 heavy (non-hydrogen) atoms. The number of hydrogen-bond acceptors (Lipinski definition) is 0. The molecule has 1 aromatic rings. The van der Waals surface area contributed by atoms with E-state index in [4.69, 9.17) is 0 Å². The van der Waals surface area contributed by atoms with Gasteiger partial charge in [0.15, 0.2) is 0 Å². The Hall–Kier alpha value is -1.30. The van der Waals surface area contributed by atoms with E-state index in [2.05, 4.69) is 46.1 Å². The van der Waals surface area contributed by atoms with Gasteiger partial charge in [-0.3, -0.25) is 0 Å². The molecule has 0 amide bonds. The maximum absolute atomic E-state index is 3.66. The van der Waals surface area contributed by atoms with E-state index >= 15 is 0 Å². The van der Waals surface area contributed by atoms with Crippen LogP contribution in [0.1, 0.15) is 39.2 Å². The quantitative estimate of drug-likeness (QED) is 0.595. The molecule has 0 atom stereocenters. The molecule has 1 aromatic carbocycles. The summed E-state index contributed by atoms with van der Waals surface area (Å²) in [6.07, 6.45) is 7.09. The third-order valence-electron chi connectivity index (χ3n) is 1.51. The Morgan fingerprint density at radius 1 is 0.938 bits per heavy atom. The highest BCUT2D eigenvalue weighted by atomic mass is 13.9. The van der Waals surface area contributed by atoms with Crippen molar-refractivity contribution in [1.29, 1.82) is 0 Å². The molecule has 0 heterocycles. The lowest BCUT2D eigenvalue weighted by molar-refractivity contribution is 1.09. The molecule has 0 saturated carbocycles. The van der Waals surface area contributed by atoms with Crippen LogP contribution in [0, 0.1) is 0 Å². The molecule has 0 nitrogen and oxygen atoms in total. The van der Waals surface area contributed by atoms with Crippen LogP contribution < -0.4 is 0 Å². The molecule has 0 bridgehead atoms. The molecule has 0 aromatic heterocycles. The Kier molecular flexibility index (Phi) is 17.3. The van der Waals surface area contributed by atoms with E-state index in [1.165, 1.54) is 12.0 Å². The second-order valence-electron chi connectivity index (χ2n) is 3.38. The van der Waals surface area contributed by atoms with Crippen LogP contribution in [0.5, 0.6) is 0 Å². The second kappa shape index (κ2) is 16.1. The zero-order valence-corrected chi connectivity index (χ0v) is 11.1. The predicted octanol–water partition coefficient (Wildman–Crippen LogP) is 5.41. The molecule has 90 valence electrons. The predicted molar refractivity (Wildman–Crippen MR) is 76.8 cm³/mol. The number of rotatable bonds is 3. The Morgan fingerprint density at radius 2 is 1.38 bits per heavy atom. The average Bonchev–Trinajstić information content (AvgIpc) is 2.32. The van der Waals surface area contributed by atoms with Gasteiger partial charge < -0.3 is 0 Å². The minimum Gasteiger partial charge on any atom is -0.103 e. The molecule has 0 heteroatoms. The molecule has 0 radical (unpaired) electrons. The largest absolute Gasteiger partial charge is 0.103 e. The molecule has 0 spiro atoms. The van der Waals surface area contributed by atoms with Crippen molar-refractivity contribution >= 4 is 0 Å². The van der Waals surface area contributed by atoms with Crippen LogP contribution in [0.2, 0.25) is 0 Å². The van der Waals surface area contributed by atoms with E-state index < -0.39 is 0 Å². The van der Waals surface area contributed by atoms with Crippen LogP contribution in [0.3, 0.4) is 0 Å². The Morgan fingerprint density at radius 3 is 1.69 bits per heavy atom. The SMILES string of the molecule is C=CCC.C=CCc1ccccc1.CCC. The van der Waals surface area contributed by atoms with E-state index in [0.29, 0.717) is 0 Å². The molecule has 0 saturated heterocycles. The van der Waals surface area contributed by atoms with E-state index in [1.807, 2.05) is 30.4 Å². The van der Waals surface area contributed by atoms with Gasteiger partial charge in [-0.2, -0.15) is 0 Å². The zero-order chi connectivity index (χ0) is 12.6. The fourth-order valence-electron chi connectivity index (χ4n) is 0.781. The summed E-state index contributed by atoms with van der Waals surface area (Å²) in [5.41, 5.74) is 1.33. The first kappa shape index (κ1) is 17.1. The van der Waals surface area contributed by atoms with Crippen molar-refractivity contribution in [3.63, 3.8) is 0 Å². The van der Waals surface area contributed by atoms with Crippen molar-refractivity contribution in [2.45, 2.75) is 40.0 Å². The lowest BCUT2D eigenvalue weighted by atomic mass is 10.2. The zero-order valence-electron chi connectivity index (χ0n) is 11.1. The minimum atomic E-state index is 0.973. The molecule has 0 unspecified atom stereocenters. The van der Waals surface area contributed by atoms with E-state index in [1.54, 1.807) is 0 Å². The Balaban J connectivity index is 0. The third kappa shape index (κ3) is 15.2. The highest BCUT2D eigenvalue weighted by Gasteiger charge is 1.82.